The number of ether oxygens (including phenoxy) is 1. The number of carbonyl (C=O) groups is 2. The van der Waals surface area contributed by atoms with Gasteiger partial charge in [0.2, 0.25) is 0 Å². The lowest BCUT2D eigenvalue weighted by Crippen LogP contribution is -2.19. The number of aliphatic carboxylic acids is 1. The third-order valence-corrected chi connectivity index (χ3v) is 3.89. The maximum atomic E-state index is 11.0. The SMILES string of the molecule is CC(=O)SCC(CCOc1ccc(Br)cc1)C(=O)O. The maximum absolute atomic E-state index is 11.0. The second-order valence-electron chi connectivity index (χ2n) is 3.93. The quantitative estimate of drug-likeness (QED) is 0.821. The fraction of sp³-hybridized carbons (Fsp3) is 0.385. The minimum Gasteiger partial charge on any atom is -0.494 e. The topological polar surface area (TPSA) is 63.6 Å². The van der Waals surface area contributed by atoms with Crippen LogP contribution in [-0.2, 0) is 9.59 Å². The molecule has 0 saturated heterocycles. The van der Waals surface area contributed by atoms with Crippen molar-refractivity contribution in [3.8, 4) is 5.75 Å². The van der Waals surface area contributed by atoms with Crippen molar-refractivity contribution in [1.82, 2.24) is 0 Å². The van der Waals surface area contributed by atoms with Crippen molar-refractivity contribution in [3.63, 3.8) is 0 Å². The number of carbonyl (C=O) groups excluding carboxylic acids is 1. The number of benzene rings is 1. The second kappa shape index (κ2) is 8.22. The molecule has 6 heteroatoms. The van der Waals surface area contributed by atoms with Crippen LogP contribution in [0.15, 0.2) is 28.7 Å². The molecule has 104 valence electrons. The zero-order valence-corrected chi connectivity index (χ0v) is 12.9. The lowest BCUT2D eigenvalue weighted by atomic mass is 10.1. The van der Waals surface area contributed by atoms with Gasteiger partial charge in [0.25, 0.3) is 0 Å². The van der Waals surface area contributed by atoms with Crippen molar-refractivity contribution in [1.29, 1.82) is 0 Å². The van der Waals surface area contributed by atoms with Gasteiger partial charge in [-0.1, -0.05) is 27.7 Å². The smallest absolute Gasteiger partial charge is 0.307 e. The molecule has 0 aliphatic heterocycles. The fourth-order valence-corrected chi connectivity index (χ4v) is 2.36. The summed E-state index contributed by atoms with van der Waals surface area (Å²) in [4.78, 5) is 21.8. The number of thioether (sulfide) groups is 1. The van der Waals surface area contributed by atoms with Gasteiger partial charge in [-0.05, 0) is 30.7 Å². The van der Waals surface area contributed by atoms with Crippen LogP contribution in [0.5, 0.6) is 5.75 Å². The highest BCUT2D eigenvalue weighted by molar-refractivity contribution is 9.10. The number of carboxylic acids is 1. The molecule has 0 bridgehead atoms. The van der Waals surface area contributed by atoms with Gasteiger partial charge in [0, 0.05) is 17.1 Å². The fourth-order valence-electron chi connectivity index (χ4n) is 1.35. The van der Waals surface area contributed by atoms with Crippen LogP contribution in [0.2, 0.25) is 0 Å². The summed E-state index contributed by atoms with van der Waals surface area (Å²) in [6.07, 6.45) is 0.381. The third-order valence-electron chi connectivity index (χ3n) is 2.39. The molecule has 0 aliphatic carbocycles. The van der Waals surface area contributed by atoms with Gasteiger partial charge in [0.15, 0.2) is 5.12 Å². The first-order valence-electron chi connectivity index (χ1n) is 5.73. The van der Waals surface area contributed by atoms with Crippen LogP contribution in [-0.4, -0.2) is 28.6 Å². The first-order chi connectivity index (χ1) is 8.99. The van der Waals surface area contributed by atoms with Crippen molar-refractivity contribution >= 4 is 38.8 Å². The summed E-state index contributed by atoms with van der Waals surface area (Å²) in [7, 11) is 0. The van der Waals surface area contributed by atoms with Crippen LogP contribution in [0.3, 0.4) is 0 Å². The monoisotopic (exact) mass is 346 g/mol. The Morgan fingerprint density at radius 3 is 2.53 bits per heavy atom. The molecule has 4 nitrogen and oxygen atoms in total. The average molecular weight is 347 g/mol. The number of hydrogen-bond donors (Lipinski definition) is 1. The van der Waals surface area contributed by atoms with Gasteiger partial charge in [-0.3, -0.25) is 9.59 Å². The maximum Gasteiger partial charge on any atom is 0.307 e. The number of hydrogen-bond acceptors (Lipinski definition) is 4. The molecule has 1 unspecified atom stereocenters. The van der Waals surface area contributed by atoms with E-state index in [1.165, 1.54) is 6.92 Å². The molecule has 0 aromatic heterocycles. The van der Waals surface area contributed by atoms with Crippen LogP contribution in [0.4, 0.5) is 0 Å². The third kappa shape index (κ3) is 6.63. The average Bonchev–Trinajstić information content (AvgIpc) is 2.35. The standard InChI is InChI=1S/C13H15BrO4S/c1-9(15)19-8-10(13(16)17)6-7-18-12-4-2-11(14)3-5-12/h2-5,10H,6-8H2,1H3,(H,16,17). The Morgan fingerprint density at radius 2 is 2.00 bits per heavy atom. The first-order valence-corrected chi connectivity index (χ1v) is 7.51. The van der Waals surface area contributed by atoms with Gasteiger partial charge >= 0.3 is 5.97 Å². The Hall–Kier alpha value is -1.01. The second-order valence-corrected chi connectivity index (χ2v) is 6.04. The van der Waals surface area contributed by atoms with Gasteiger partial charge in [0.05, 0.1) is 12.5 Å². The molecule has 1 atom stereocenters. The van der Waals surface area contributed by atoms with Crippen molar-refractivity contribution < 1.29 is 19.4 Å². The van der Waals surface area contributed by atoms with Gasteiger partial charge in [-0.2, -0.15) is 0 Å². The van der Waals surface area contributed by atoms with Gasteiger partial charge < -0.3 is 9.84 Å². The van der Waals surface area contributed by atoms with E-state index in [9.17, 15) is 9.59 Å². The van der Waals surface area contributed by atoms with Gasteiger partial charge in [-0.25, -0.2) is 0 Å². The molecule has 19 heavy (non-hydrogen) atoms. The molecule has 1 rings (SSSR count). The van der Waals surface area contributed by atoms with E-state index >= 15 is 0 Å². The van der Waals surface area contributed by atoms with Crippen molar-refractivity contribution in [3.05, 3.63) is 28.7 Å². The van der Waals surface area contributed by atoms with Crippen molar-refractivity contribution in [2.75, 3.05) is 12.4 Å². The molecular formula is C13H15BrO4S. The molecule has 1 aromatic rings. The van der Waals surface area contributed by atoms with Crippen LogP contribution < -0.4 is 4.74 Å². The van der Waals surface area contributed by atoms with E-state index in [0.717, 1.165) is 16.2 Å². The molecule has 1 N–H and O–H groups in total. The number of rotatable bonds is 7. The summed E-state index contributed by atoms with van der Waals surface area (Å²) in [5, 5.41) is 8.96. The normalized spacial score (nSPS) is 11.9. The summed E-state index contributed by atoms with van der Waals surface area (Å²) in [5.41, 5.74) is 0. The van der Waals surface area contributed by atoms with Crippen LogP contribution in [0.25, 0.3) is 0 Å². The van der Waals surface area contributed by atoms with E-state index < -0.39 is 11.9 Å². The Labute approximate surface area is 124 Å². The highest BCUT2D eigenvalue weighted by atomic mass is 79.9. The van der Waals surface area contributed by atoms with E-state index in [4.69, 9.17) is 9.84 Å². The zero-order valence-electron chi connectivity index (χ0n) is 10.5. The first kappa shape index (κ1) is 16.0. The Kier molecular flexibility index (Phi) is 6.94. The zero-order chi connectivity index (χ0) is 14.3. The molecule has 0 radical (unpaired) electrons. The minimum absolute atomic E-state index is 0.0694. The lowest BCUT2D eigenvalue weighted by molar-refractivity contribution is -0.141. The summed E-state index contributed by atoms with van der Waals surface area (Å²) >= 11 is 4.36. The van der Waals surface area contributed by atoms with Gasteiger partial charge in [-0.15, -0.1) is 0 Å². The molecule has 0 amide bonds. The summed E-state index contributed by atoms with van der Waals surface area (Å²) < 4.78 is 6.43. The van der Waals surface area contributed by atoms with Crippen LogP contribution in [0, 0.1) is 5.92 Å². The summed E-state index contributed by atoms with van der Waals surface area (Å²) in [6.45, 7) is 1.75. The Morgan fingerprint density at radius 1 is 1.37 bits per heavy atom. The molecule has 0 saturated carbocycles. The number of halogens is 1. The summed E-state index contributed by atoms with van der Waals surface area (Å²) in [5.74, 6) is -0.474. The van der Waals surface area contributed by atoms with Crippen LogP contribution in [0.1, 0.15) is 13.3 Å². The number of carboxylic acid groups (broad SMARTS) is 1. The van der Waals surface area contributed by atoms with Crippen LogP contribution >= 0.6 is 27.7 Å². The van der Waals surface area contributed by atoms with E-state index in [1.807, 2.05) is 24.3 Å². The van der Waals surface area contributed by atoms with E-state index in [2.05, 4.69) is 15.9 Å². The predicted octanol–water partition coefficient (Wildman–Crippen LogP) is 3.20. The highest BCUT2D eigenvalue weighted by Crippen LogP contribution is 2.18. The van der Waals surface area contributed by atoms with E-state index in [1.54, 1.807) is 0 Å². The lowest BCUT2D eigenvalue weighted by Gasteiger charge is -2.12. The minimum atomic E-state index is -0.895. The Balaban J connectivity index is 2.37. The molecule has 0 fully saturated rings. The van der Waals surface area contributed by atoms with E-state index in [0.29, 0.717) is 18.8 Å². The van der Waals surface area contributed by atoms with Crippen molar-refractivity contribution in [2.24, 2.45) is 5.92 Å². The van der Waals surface area contributed by atoms with Crippen molar-refractivity contribution in [2.45, 2.75) is 13.3 Å². The molecule has 0 spiro atoms. The summed E-state index contributed by atoms with van der Waals surface area (Å²) in [6, 6.07) is 7.33. The largest absolute Gasteiger partial charge is 0.494 e. The Bertz CT molecular complexity index is 433. The molecular weight excluding hydrogens is 332 g/mol. The van der Waals surface area contributed by atoms with E-state index in [-0.39, 0.29) is 10.9 Å². The highest BCUT2D eigenvalue weighted by Gasteiger charge is 2.18. The van der Waals surface area contributed by atoms with Gasteiger partial charge in [0.1, 0.15) is 5.75 Å². The molecule has 0 aliphatic rings. The molecule has 1 aromatic carbocycles. The predicted molar refractivity (Wildman–Crippen MR) is 78.5 cm³/mol. The molecule has 0 heterocycles.